The van der Waals surface area contributed by atoms with Crippen LogP contribution < -0.4 is 16.4 Å². The van der Waals surface area contributed by atoms with Crippen LogP contribution in [-0.2, 0) is 10.3 Å². The highest BCUT2D eigenvalue weighted by Crippen LogP contribution is 2.47. The number of cyclic esters (lactones) is 1. The minimum atomic E-state index is -1.03. The molecule has 0 saturated carbocycles. The molecule has 1 heterocycles. The summed E-state index contributed by atoms with van der Waals surface area (Å²) in [6.45, 7) is 0. The van der Waals surface area contributed by atoms with E-state index in [0.717, 1.165) is 22.4 Å². The minimum absolute atomic E-state index is 0.345. The number of nitrogens with zero attached hydrogens (tertiary/aromatic N) is 1. The molecule has 0 amide bonds. The lowest BCUT2D eigenvalue weighted by molar-refractivity contribution is 0.0251. The third-order valence-corrected chi connectivity index (χ3v) is 5.00. The summed E-state index contributed by atoms with van der Waals surface area (Å²) in [6, 6.07) is 20.7. The molecule has 0 unspecified atom stereocenters. The number of anilines is 3. The van der Waals surface area contributed by atoms with Crippen LogP contribution in [0.5, 0.6) is 0 Å². The zero-order valence-corrected chi connectivity index (χ0v) is 15.3. The van der Waals surface area contributed by atoms with Crippen molar-refractivity contribution >= 4 is 23.0 Å². The van der Waals surface area contributed by atoms with E-state index in [0.29, 0.717) is 16.9 Å². The van der Waals surface area contributed by atoms with Gasteiger partial charge in [-0.05, 0) is 36.4 Å². The number of nitrogen functional groups attached to an aromatic ring is 2. The molecule has 0 spiro atoms. The topological polar surface area (TPSA) is 81.6 Å². The van der Waals surface area contributed by atoms with E-state index in [-0.39, 0.29) is 5.97 Å². The fourth-order valence-corrected chi connectivity index (χ4v) is 3.57. The molecule has 0 radical (unpaired) electrons. The molecule has 0 bridgehead atoms. The molecule has 4 N–H and O–H groups in total. The van der Waals surface area contributed by atoms with Crippen molar-refractivity contribution in [2.45, 2.75) is 5.60 Å². The molecule has 0 saturated heterocycles. The molecule has 3 aromatic carbocycles. The van der Waals surface area contributed by atoms with Gasteiger partial charge in [0.15, 0.2) is 5.60 Å². The highest BCUT2D eigenvalue weighted by atomic mass is 16.6. The number of rotatable bonds is 3. The summed E-state index contributed by atoms with van der Waals surface area (Å²) in [4.78, 5) is 14.8. The molecule has 3 aromatic rings. The van der Waals surface area contributed by atoms with Gasteiger partial charge in [0.1, 0.15) is 0 Å². The first-order valence-electron chi connectivity index (χ1n) is 8.69. The average molecular weight is 359 g/mol. The number of fused-ring (bicyclic) bond motifs is 1. The zero-order valence-electron chi connectivity index (χ0n) is 15.3. The monoisotopic (exact) mass is 359 g/mol. The van der Waals surface area contributed by atoms with E-state index >= 15 is 0 Å². The smallest absolute Gasteiger partial charge is 0.340 e. The van der Waals surface area contributed by atoms with Gasteiger partial charge in [0.05, 0.1) is 5.56 Å². The Balaban J connectivity index is 2.00. The number of benzene rings is 3. The summed E-state index contributed by atoms with van der Waals surface area (Å²) in [5, 5.41) is 0. The highest BCUT2D eigenvalue weighted by Gasteiger charge is 2.48. The third kappa shape index (κ3) is 2.59. The van der Waals surface area contributed by atoms with Gasteiger partial charge in [-0.2, -0.15) is 0 Å². The van der Waals surface area contributed by atoms with Crippen LogP contribution >= 0.6 is 0 Å². The summed E-state index contributed by atoms with van der Waals surface area (Å²) < 4.78 is 6.07. The second-order valence-corrected chi connectivity index (χ2v) is 6.94. The van der Waals surface area contributed by atoms with Gasteiger partial charge in [-0.25, -0.2) is 4.79 Å². The van der Waals surface area contributed by atoms with E-state index < -0.39 is 5.60 Å². The third-order valence-electron chi connectivity index (χ3n) is 5.00. The molecule has 136 valence electrons. The molecule has 1 aliphatic heterocycles. The first-order chi connectivity index (χ1) is 12.9. The Morgan fingerprint density at radius 1 is 0.815 bits per heavy atom. The summed E-state index contributed by atoms with van der Waals surface area (Å²) >= 11 is 0. The maximum atomic E-state index is 12.8. The van der Waals surface area contributed by atoms with Crippen LogP contribution in [0, 0.1) is 0 Å². The van der Waals surface area contributed by atoms with Gasteiger partial charge in [0.25, 0.3) is 0 Å². The van der Waals surface area contributed by atoms with Gasteiger partial charge in [0, 0.05) is 47.8 Å². The fraction of sp³-hybridized carbons (Fsp3) is 0.136. The average Bonchev–Trinajstić information content (AvgIpc) is 2.96. The number of esters is 1. The zero-order chi connectivity index (χ0) is 19.2. The second kappa shape index (κ2) is 6.06. The van der Waals surface area contributed by atoms with E-state index in [1.807, 2.05) is 85.7 Å². The Kier molecular flexibility index (Phi) is 3.81. The van der Waals surface area contributed by atoms with Crippen LogP contribution in [0.15, 0.2) is 66.7 Å². The molecular formula is C22H21N3O2. The molecule has 4 rings (SSSR count). The standard InChI is InChI=1S/C22H21N3O2/c1-25(2)18-11-12-20-19(13-18)21(26)27-22(20,14-3-7-16(23)8-4-14)15-5-9-17(24)10-6-15/h3-13H,23-24H2,1-2H3. The maximum Gasteiger partial charge on any atom is 0.340 e. The van der Waals surface area contributed by atoms with E-state index in [4.69, 9.17) is 16.2 Å². The largest absolute Gasteiger partial charge is 0.441 e. The van der Waals surface area contributed by atoms with Crippen molar-refractivity contribution in [3.05, 3.63) is 89.0 Å². The maximum absolute atomic E-state index is 12.8. The number of carbonyl (C=O) groups is 1. The SMILES string of the molecule is CN(C)c1ccc2c(c1)C(=O)OC2(c1ccc(N)cc1)c1ccc(N)cc1. The van der Waals surface area contributed by atoms with Crippen molar-refractivity contribution in [1.29, 1.82) is 0 Å². The quantitative estimate of drug-likeness (QED) is 0.553. The number of nitrogens with two attached hydrogens (primary N) is 2. The Morgan fingerprint density at radius 2 is 1.33 bits per heavy atom. The van der Waals surface area contributed by atoms with Crippen molar-refractivity contribution in [3.63, 3.8) is 0 Å². The summed E-state index contributed by atoms with van der Waals surface area (Å²) in [7, 11) is 3.88. The van der Waals surface area contributed by atoms with E-state index in [1.54, 1.807) is 0 Å². The minimum Gasteiger partial charge on any atom is -0.441 e. The van der Waals surface area contributed by atoms with Crippen molar-refractivity contribution < 1.29 is 9.53 Å². The van der Waals surface area contributed by atoms with Crippen molar-refractivity contribution in [2.24, 2.45) is 0 Å². The summed E-state index contributed by atoms with van der Waals surface area (Å²) in [5.74, 6) is -0.345. The van der Waals surface area contributed by atoms with Gasteiger partial charge >= 0.3 is 5.97 Å². The molecule has 1 aliphatic rings. The first-order valence-corrected chi connectivity index (χ1v) is 8.69. The number of carbonyl (C=O) groups excluding carboxylic acids is 1. The molecule has 0 atom stereocenters. The van der Waals surface area contributed by atoms with Crippen LogP contribution in [0.4, 0.5) is 17.1 Å². The van der Waals surface area contributed by atoms with Crippen molar-refractivity contribution in [3.8, 4) is 0 Å². The molecule has 27 heavy (non-hydrogen) atoms. The van der Waals surface area contributed by atoms with Crippen LogP contribution in [0.1, 0.15) is 27.0 Å². The predicted molar refractivity (Wildman–Crippen MR) is 108 cm³/mol. The van der Waals surface area contributed by atoms with Crippen LogP contribution in [-0.4, -0.2) is 20.1 Å². The van der Waals surface area contributed by atoms with Gasteiger partial charge in [-0.15, -0.1) is 0 Å². The highest BCUT2D eigenvalue weighted by molar-refractivity contribution is 5.97. The summed E-state index contributed by atoms with van der Waals surface area (Å²) in [6.07, 6.45) is 0. The Hall–Kier alpha value is -3.47. The lowest BCUT2D eigenvalue weighted by Crippen LogP contribution is -2.29. The van der Waals surface area contributed by atoms with Gasteiger partial charge in [0.2, 0.25) is 0 Å². The lowest BCUT2D eigenvalue weighted by Gasteiger charge is -2.30. The fourth-order valence-electron chi connectivity index (χ4n) is 3.57. The van der Waals surface area contributed by atoms with Gasteiger partial charge in [-0.1, -0.05) is 30.3 Å². The number of hydrogen-bond donors (Lipinski definition) is 2. The molecule has 0 fully saturated rings. The van der Waals surface area contributed by atoms with E-state index in [9.17, 15) is 4.79 Å². The Labute approximate surface area is 158 Å². The Bertz CT molecular complexity index is 963. The van der Waals surface area contributed by atoms with Gasteiger partial charge < -0.3 is 21.1 Å². The first kappa shape index (κ1) is 17.0. The molecule has 0 aliphatic carbocycles. The van der Waals surface area contributed by atoms with E-state index in [1.165, 1.54) is 0 Å². The number of hydrogen-bond acceptors (Lipinski definition) is 5. The van der Waals surface area contributed by atoms with Crippen LogP contribution in [0.3, 0.4) is 0 Å². The van der Waals surface area contributed by atoms with Crippen LogP contribution in [0.25, 0.3) is 0 Å². The van der Waals surface area contributed by atoms with Gasteiger partial charge in [-0.3, -0.25) is 0 Å². The predicted octanol–water partition coefficient (Wildman–Crippen LogP) is 3.38. The normalized spacial score (nSPS) is 14.5. The Morgan fingerprint density at radius 3 is 1.81 bits per heavy atom. The molecule has 5 nitrogen and oxygen atoms in total. The van der Waals surface area contributed by atoms with Crippen molar-refractivity contribution in [2.75, 3.05) is 30.5 Å². The van der Waals surface area contributed by atoms with E-state index in [2.05, 4.69) is 0 Å². The summed E-state index contributed by atoms with van der Waals surface area (Å²) in [5.41, 5.74) is 16.0. The number of ether oxygens (including phenoxy) is 1. The second-order valence-electron chi connectivity index (χ2n) is 6.94. The van der Waals surface area contributed by atoms with Crippen LogP contribution in [0.2, 0.25) is 0 Å². The lowest BCUT2D eigenvalue weighted by atomic mass is 9.79. The molecule has 0 aromatic heterocycles. The molecular weight excluding hydrogens is 338 g/mol. The molecule has 5 heteroatoms. The van der Waals surface area contributed by atoms with Crippen molar-refractivity contribution in [1.82, 2.24) is 0 Å².